The number of carbonyl (C=O) groups is 1. The number of nitrogens with zero attached hydrogens (tertiary/aromatic N) is 6. The zero-order valence-electron chi connectivity index (χ0n) is 16.9. The highest BCUT2D eigenvalue weighted by Crippen LogP contribution is 2.19. The Morgan fingerprint density at radius 1 is 1.34 bits per heavy atom. The lowest BCUT2D eigenvalue weighted by molar-refractivity contribution is -0.132. The maximum absolute atomic E-state index is 12.9. The topological polar surface area (TPSA) is 96.4 Å². The first-order valence-electron chi connectivity index (χ1n) is 9.45. The SMILES string of the molecule is COCCN(Cc1ccccn1)C(=O)CCc1c(C)nc2c(C#N)cnn2c1C. The third-order valence-corrected chi connectivity index (χ3v) is 4.91. The van der Waals surface area contributed by atoms with E-state index in [0.717, 1.165) is 22.6 Å². The van der Waals surface area contributed by atoms with E-state index in [9.17, 15) is 10.1 Å². The molecule has 0 aliphatic carbocycles. The molecule has 8 nitrogen and oxygen atoms in total. The van der Waals surface area contributed by atoms with Crippen molar-refractivity contribution >= 4 is 11.6 Å². The second-order valence-electron chi connectivity index (χ2n) is 6.80. The highest BCUT2D eigenvalue weighted by molar-refractivity contribution is 5.76. The fraction of sp³-hybridized carbons (Fsp3) is 0.381. The first-order chi connectivity index (χ1) is 14.0. The molecule has 1 amide bonds. The van der Waals surface area contributed by atoms with Gasteiger partial charge in [0.15, 0.2) is 5.65 Å². The van der Waals surface area contributed by atoms with E-state index in [1.54, 1.807) is 22.7 Å². The number of aryl methyl sites for hydroxylation is 2. The van der Waals surface area contributed by atoms with Gasteiger partial charge in [0.2, 0.25) is 5.91 Å². The van der Waals surface area contributed by atoms with Gasteiger partial charge in [-0.1, -0.05) is 6.07 Å². The molecule has 8 heteroatoms. The largest absolute Gasteiger partial charge is 0.383 e. The molecule has 0 fully saturated rings. The van der Waals surface area contributed by atoms with Crippen LogP contribution in [0.4, 0.5) is 0 Å². The summed E-state index contributed by atoms with van der Waals surface area (Å²) in [6.45, 7) is 5.26. The van der Waals surface area contributed by atoms with E-state index >= 15 is 0 Å². The summed E-state index contributed by atoms with van der Waals surface area (Å²) in [7, 11) is 1.62. The molecule has 0 aliphatic heterocycles. The normalized spacial score (nSPS) is 10.8. The number of rotatable bonds is 8. The maximum atomic E-state index is 12.9. The average Bonchev–Trinajstić information content (AvgIpc) is 3.14. The van der Waals surface area contributed by atoms with Crippen molar-refractivity contribution in [3.63, 3.8) is 0 Å². The van der Waals surface area contributed by atoms with Crippen LogP contribution in [0.5, 0.6) is 0 Å². The van der Waals surface area contributed by atoms with Crippen LogP contribution in [0, 0.1) is 25.2 Å². The molecule has 0 radical (unpaired) electrons. The third kappa shape index (κ3) is 4.58. The van der Waals surface area contributed by atoms with Crippen molar-refractivity contribution in [3.8, 4) is 6.07 Å². The van der Waals surface area contributed by atoms with E-state index in [0.29, 0.717) is 43.7 Å². The van der Waals surface area contributed by atoms with Gasteiger partial charge in [-0.15, -0.1) is 0 Å². The summed E-state index contributed by atoms with van der Waals surface area (Å²) in [4.78, 5) is 23.5. The Kier molecular flexibility index (Phi) is 6.52. The predicted molar refractivity (Wildman–Crippen MR) is 107 cm³/mol. The van der Waals surface area contributed by atoms with Gasteiger partial charge in [-0.2, -0.15) is 10.4 Å². The second kappa shape index (κ2) is 9.26. The average molecular weight is 392 g/mol. The number of nitriles is 1. The minimum atomic E-state index is 0.0322. The first-order valence-corrected chi connectivity index (χ1v) is 9.45. The summed E-state index contributed by atoms with van der Waals surface area (Å²) in [5.41, 5.74) is 4.52. The first kappa shape index (κ1) is 20.4. The monoisotopic (exact) mass is 392 g/mol. The van der Waals surface area contributed by atoms with Gasteiger partial charge in [0.25, 0.3) is 0 Å². The number of methoxy groups -OCH3 is 1. The van der Waals surface area contributed by atoms with Crippen LogP contribution in [0.1, 0.15) is 34.6 Å². The minimum Gasteiger partial charge on any atom is -0.383 e. The summed E-state index contributed by atoms with van der Waals surface area (Å²) in [5.74, 6) is 0.0322. The fourth-order valence-corrected chi connectivity index (χ4v) is 3.32. The Hall–Kier alpha value is -3.31. The van der Waals surface area contributed by atoms with Crippen LogP contribution < -0.4 is 0 Å². The van der Waals surface area contributed by atoms with Crippen molar-refractivity contribution < 1.29 is 9.53 Å². The molecule has 3 aromatic rings. The van der Waals surface area contributed by atoms with Gasteiger partial charge >= 0.3 is 0 Å². The van der Waals surface area contributed by atoms with Crippen molar-refractivity contribution in [3.05, 3.63) is 58.8 Å². The Morgan fingerprint density at radius 3 is 2.86 bits per heavy atom. The lowest BCUT2D eigenvalue weighted by Gasteiger charge is -2.22. The van der Waals surface area contributed by atoms with Crippen LogP contribution in [0.25, 0.3) is 5.65 Å². The van der Waals surface area contributed by atoms with Gasteiger partial charge in [-0.25, -0.2) is 9.50 Å². The van der Waals surface area contributed by atoms with Crippen LogP contribution in [0.3, 0.4) is 0 Å². The molecule has 3 heterocycles. The molecule has 3 rings (SSSR count). The van der Waals surface area contributed by atoms with Crippen LogP contribution in [-0.2, 0) is 22.5 Å². The van der Waals surface area contributed by atoms with Gasteiger partial charge in [-0.3, -0.25) is 9.78 Å². The Labute approximate surface area is 169 Å². The summed E-state index contributed by atoms with van der Waals surface area (Å²) >= 11 is 0. The lowest BCUT2D eigenvalue weighted by Crippen LogP contribution is -2.34. The molecule has 0 spiro atoms. The Bertz CT molecular complexity index is 1040. The molecule has 0 saturated carbocycles. The van der Waals surface area contributed by atoms with Crippen LogP contribution in [0.15, 0.2) is 30.6 Å². The highest BCUT2D eigenvalue weighted by Gasteiger charge is 2.18. The highest BCUT2D eigenvalue weighted by atomic mass is 16.5. The van der Waals surface area contributed by atoms with Crippen molar-refractivity contribution in [2.24, 2.45) is 0 Å². The molecule has 0 aliphatic rings. The number of pyridine rings is 1. The van der Waals surface area contributed by atoms with Crippen LogP contribution in [-0.4, -0.2) is 50.7 Å². The number of aromatic nitrogens is 4. The Balaban J connectivity index is 1.76. The van der Waals surface area contributed by atoms with Crippen LogP contribution in [0.2, 0.25) is 0 Å². The van der Waals surface area contributed by atoms with Crippen molar-refractivity contribution in [1.29, 1.82) is 5.26 Å². The van der Waals surface area contributed by atoms with Crippen molar-refractivity contribution in [2.45, 2.75) is 33.2 Å². The smallest absolute Gasteiger partial charge is 0.223 e. The molecule has 0 N–H and O–H groups in total. The summed E-state index contributed by atoms with van der Waals surface area (Å²) in [6, 6.07) is 7.78. The lowest BCUT2D eigenvalue weighted by atomic mass is 10.1. The van der Waals surface area contributed by atoms with Gasteiger partial charge in [0.1, 0.15) is 11.6 Å². The molecule has 0 saturated heterocycles. The van der Waals surface area contributed by atoms with Gasteiger partial charge < -0.3 is 9.64 Å². The number of fused-ring (bicyclic) bond motifs is 1. The number of hydrogen-bond acceptors (Lipinski definition) is 6. The molecule has 0 aromatic carbocycles. The molecule has 0 bridgehead atoms. The van der Waals surface area contributed by atoms with E-state index in [4.69, 9.17) is 4.74 Å². The minimum absolute atomic E-state index is 0.0322. The zero-order valence-corrected chi connectivity index (χ0v) is 16.9. The molecule has 150 valence electrons. The predicted octanol–water partition coefficient (Wildman–Crippen LogP) is 2.22. The second-order valence-corrected chi connectivity index (χ2v) is 6.80. The zero-order chi connectivity index (χ0) is 20.8. The van der Waals surface area contributed by atoms with Gasteiger partial charge in [0.05, 0.1) is 25.0 Å². The quantitative estimate of drug-likeness (QED) is 0.583. The maximum Gasteiger partial charge on any atom is 0.223 e. The molecular formula is C21H24N6O2. The summed E-state index contributed by atoms with van der Waals surface area (Å²) < 4.78 is 6.83. The standard InChI is InChI=1S/C21H24N6O2/c1-15-19(16(2)27-21(25-15)17(12-22)13-24-27)7-8-20(28)26(10-11-29-3)14-18-6-4-5-9-23-18/h4-6,9,13H,7-8,10-11,14H2,1-3H3. The van der Waals surface area contributed by atoms with Crippen molar-refractivity contribution in [1.82, 2.24) is 24.5 Å². The number of carbonyl (C=O) groups excluding carboxylic acids is 1. The van der Waals surface area contributed by atoms with E-state index < -0.39 is 0 Å². The van der Waals surface area contributed by atoms with Gasteiger partial charge in [-0.05, 0) is 38.0 Å². The molecule has 0 unspecified atom stereocenters. The summed E-state index contributed by atoms with van der Waals surface area (Å²) in [5, 5.41) is 13.5. The van der Waals surface area contributed by atoms with Crippen LogP contribution >= 0.6 is 0 Å². The Morgan fingerprint density at radius 2 is 2.17 bits per heavy atom. The van der Waals surface area contributed by atoms with Gasteiger partial charge in [0, 0.05) is 37.7 Å². The summed E-state index contributed by atoms with van der Waals surface area (Å²) in [6.07, 6.45) is 4.13. The van der Waals surface area contributed by atoms with E-state index in [2.05, 4.69) is 21.1 Å². The van der Waals surface area contributed by atoms with E-state index in [-0.39, 0.29) is 5.91 Å². The van der Waals surface area contributed by atoms with Crippen molar-refractivity contribution in [2.75, 3.05) is 20.3 Å². The molecule has 29 heavy (non-hydrogen) atoms. The number of ether oxygens (including phenoxy) is 1. The molecule has 0 atom stereocenters. The van der Waals surface area contributed by atoms with E-state index in [1.807, 2.05) is 32.0 Å². The fourth-order valence-electron chi connectivity index (χ4n) is 3.32. The molecular weight excluding hydrogens is 368 g/mol. The third-order valence-electron chi connectivity index (χ3n) is 4.91. The van der Waals surface area contributed by atoms with E-state index in [1.165, 1.54) is 6.20 Å². The number of hydrogen-bond donors (Lipinski definition) is 0. The molecule has 3 aromatic heterocycles. The number of amides is 1.